The fourth-order valence-electron chi connectivity index (χ4n) is 3.46. The standard InChI is InChI=1S/C22H23F3N2O2/c1-16(17-6-3-2-4-7-17)14-20(28)26-10-12-27(13-11-26)21(29)18-8-5-9-19(15-18)22(23,24)25/h2-9,15-16H,10-14H2,1H3. The molecule has 1 saturated heterocycles. The summed E-state index contributed by atoms with van der Waals surface area (Å²) in [4.78, 5) is 28.4. The highest BCUT2D eigenvalue weighted by atomic mass is 19.4. The van der Waals surface area contributed by atoms with Crippen LogP contribution in [0.1, 0.15) is 40.7 Å². The molecule has 29 heavy (non-hydrogen) atoms. The Morgan fingerprint density at radius 1 is 0.931 bits per heavy atom. The fourth-order valence-corrected chi connectivity index (χ4v) is 3.46. The summed E-state index contributed by atoms with van der Waals surface area (Å²) in [5.74, 6) is -0.332. The third-order valence-electron chi connectivity index (χ3n) is 5.21. The molecule has 1 atom stereocenters. The van der Waals surface area contributed by atoms with E-state index in [9.17, 15) is 22.8 Å². The summed E-state index contributed by atoms with van der Waals surface area (Å²) < 4.78 is 38.6. The second-order valence-electron chi connectivity index (χ2n) is 7.27. The first-order valence-corrected chi connectivity index (χ1v) is 9.55. The van der Waals surface area contributed by atoms with Gasteiger partial charge in [-0.15, -0.1) is 0 Å². The van der Waals surface area contributed by atoms with E-state index in [1.165, 1.54) is 17.0 Å². The van der Waals surface area contributed by atoms with Crippen LogP contribution < -0.4 is 0 Å². The summed E-state index contributed by atoms with van der Waals surface area (Å²) in [5.41, 5.74) is 0.267. The smallest absolute Gasteiger partial charge is 0.339 e. The Balaban J connectivity index is 1.56. The molecule has 2 aromatic rings. The van der Waals surface area contributed by atoms with Gasteiger partial charge in [0.2, 0.25) is 5.91 Å². The molecule has 0 radical (unpaired) electrons. The fraction of sp³-hybridized carbons (Fsp3) is 0.364. The van der Waals surface area contributed by atoms with Crippen LogP contribution in [-0.2, 0) is 11.0 Å². The van der Waals surface area contributed by atoms with E-state index < -0.39 is 17.6 Å². The van der Waals surface area contributed by atoms with Gasteiger partial charge in [-0.1, -0.05) is 43.3 Å². The van der Waals surface area contributed by atoms with Gasteiger partial charge in [-0.25, -0.2) is 0 Å². The Morgan fingerprint density at radius 3 is 2.17 bits per heavy atom. The van der Waals surface area contributed by atoms with Gasteiger partial charge >= 0.3 is 6.18 Å². The zero-order valence-electron chi connectivity index (χ0n) is 16.2. The number of hydrogen-bond acceptors (Lipinski definition) is 2. The summed E-state index contributed by atoms with van der Waals surface area (Å²) in [7, 11) is 0. The van der Waals surface area contributed by atoms with E-state index in [4.69, 9.17) is 0 Å². The highest BCUT2D eigenvalue weighted by molar-refractivity contribution is 5.94. The first kappa shape index (κ1) is 20.9. The molecule has 0 aromatic heterocycles. The number of alkyl halides is 3. The molecule has 0 N–H and O–H groups in total. The van der Waals surface area contributed by atoms with Crippen molar-refractivity contribution < 1.29 is 22.8 Å². The Kier molecular flexibility index (Phi) is 6.25. The molecule has 0 saturated carbocycles. The number of hydrogen-bond donors (Lipinski definition) is 0. The Morgan fingerprint density at radius 2 is 1.55 bits per heavy atom. The minimum Gasteiger partial charge on any atom is -0.339 e. The van der Waals surface area contributed by atoms with Crippen molar-refractivity contribution in [3.8, 4) is 0 Å². The molecular weight excluding hydrogens is 381 g/mol. The number of carbonyl (C=O) groups excluding carboxylic acids is 2. The van der Waals surface area contributed by atoms with Gasteiger partial charge in [-0.2, -0.15) is 13.2 Å². The molecule has 0 bridgehead atoms. The van der Waals surface area contributed by atoms with E-state index in [0.717, 1.165) is 17.7 Å². The molecule has 2 amide bonds. The SMILES string of the molecule is CC(CC(=O)N1CCN(C(=O)c2cccc(C(F)(F)F)c2)CC1)c1ccccc1. The van der Waals surface area contributed by atoms with Crippen LogP contribution in [0.2, 0.25) is 0 Å². The molecule has 3 rings (SSSR count). The van der Waals surface area contributed by atoms with Crippen LogP contribution in [-0.4, -0.2) is 47.8 Å². The largest absolute Gasteiger partial charge is 0.416 e. The van der Waals surface area contributed by atoms with E-state index in [0.29, 0.717) is 32.6 Å². The topological polar surface area (TPSA) is 40.6 Å². The second kappa shape index (κ2) is 8.68. The van der Waals surface area contributed by atoms with Crippen molar-refractivity contribution in [2.24, 2.45) is 0 Å². The van der Waals surface area contributed by atoms with Crippen LogP contribution in [0.15, 0.2) is 54.6 Å². The molecule has 0 spiro atoms. The average molecular weight is 404 g/mol. The lowest BCUT2D eigenvalue weighted by molar-refractivity contribution is -0.137. The quantitative estimate of drug-likeness (QED) is 0.767. The number of amides is 2. The van der Waals surface area contributed by atoms with Crippen molar-refractivity contribution >= 4 is 11.8 Å². The first-order chi connectivity index (χ1) is 13.8. The van der Waals surface area contributed by atoms with E-state index in [2.05, 4.69) is 0 Å². The van der Waals surface area contributed by atoms with Crippen molar-refractivity contribution in [3.05, 3.63) is 71.3 Å². The van der Waals surface area contributed by atoms with Gasteiger partial charge in [0, 0.05) is 38.2 Å². The normalized spacial score (nSPS) is 15.9. The zero-order valence-corrected chi connectivity index (χ0v) is 16.2. The molecule has 4 nitrogen and oxygen atoms in total. The molecule has 154 valence electrons. The van der Waals surface area contributed by atoms with Crippen LogP contribution in [0, 0.1) is 0 Å². The van der Waals surface area contributed by atoms with Gasteiger partial charge in [-0.05, 0) is 29.7 Å². The Labute approximate surface area is 167 Å². The maximum absolute atomic E-state index is 12.9. The molecule has 1 fully saturated rings. The molecule has 1 heterocycles. The maximum atomic E-state index is 12.9. The molecule has 1 aliphatic rings. The monoisotopic (exact) mass is 404 g/mol. The maximum Gasteiger partial charge on any atom is 0.416 e. The van der Waals surface area contributed by atoms with Crippen molar-refractivity contribution in [2.75, 3.05) is 26.2 Å². The van der Waals surface area contributed by atoms with Crippen molar-refractivity contribution in [3.63, 3.8) is 0 Å². The van der Waals surface area contributed by atoms with E-state index in [1.54, 1.807) is 4.90 Å². The first-order valence-electron chi connectivity index (χ1n) is 9.55. The Hall–Kier alpha value is -2.83. The lowest BCUT2D eigenvalue weighted by atomic mass is 9.97. The molecule has 1 aliphatic heterocycles. The number of nitrogens with zero attached hydrogens (tertiary/aromatic N) is 2. The predicted molar refractivity (Wildman–Crippen MR) is 103 cm³/mol. The number of benzene rings is 2. The minimum absolute atomic E-state index is 0.0114. The van der Waals surface area contributed by atoms with E-state index in [-0.39, 0.29) is 17.4 Å². The van der Waals surface area contributed by atoms with Crippen molar-refractivity contribution in [2.45, 2.75) is 25.4 Å². The lowest BCUT2D eigenvalue weighted by Gasteiger charge is -2.35. The van der Waals surface area contributed by atoms with Gasteiger partial charge < -0.3 is 9.80 Å². The number of rotatable bonds is 4. The van der Waals surface area contributed by atoms with E-state index >= 15 is 0 Å². The average Bonchev–Trinajstić information content (AvgIpc) is 2.73. The summed E-state index contributed by atoms with van der Waals surface area (Å²) >= 11 is 0. The van der Waals surface area contributed by atoms with Gasteiger partial charge in [0.1, 0.15) is 0 Å². The van der Waals surface area contributed by atoms with Gasteiger partial charge in [0.25, 0.3) is 5.91 Å². The van der Waals surface area contributed by atoms with Gasteiger partial charge in [-0.3, -0.25) is 9.59 Å². The molecule has 1 unspecified atom stereocenters. The van der Waals surface area contributed by atoms with Crippen LogP contribution in [0.4, 0.5) is 13.2 Å². The molecule has 2 aromatic carbocycles. The number of piperazine rings is 1. The predicted octanol–water partition coefficient (Wildman–Crippen LogP) is 4.18. The molecular formula is C22H23F3N2O2. The summed E-state index contributed by atoms with van der Waals surface area (Å²) in [5, 5.41) is 0. The third kappa shape index (κ3) is 5.16. The minimum atomic E-state index is -4.49. The van der Waals surface area contributed by atoms with Crippen LogP contribution in [0.3, 0.4) is 0 Å². The summed E-state index contributed by atoms with van der Waals surface area (Å²) in [6, 6.07) is 14.2. The third-order valence-corrected chi connectivity index (χ3v) is 5.21. The van der Waals surface area contributed by atoms with Crippen molar-refractivity contribution in [1.29, 1.82) is 0 Å². The zero-order chi connectivity index (χ0) is 21.0. The number of halogens is 3. The highest BCUT2D eigenvalue weighted by Gasteiger charge is 2.32. The highest BCUT2D eigenvalue weighted by Crippen LogP contribution is 2.30. The van der Waals surface area contributed by atoms with Crippen LogP contribution >= 0.6 is 0 Å². The summed E-state index contributed by atoms with van der Waals surface area (Å²) in [6.07, 6.45) is -4.11. The van der Waals surface area contributed by atoms with Crippen LogP contribution in [0.5, 0.6) is 0 Å². The summed E-state index contributed by atoms with van der Waals surface area (Å²) in [6.45, 7) is 3.37. The number of carbonyl (C=O) groups is 2. The van der Waals surface area contributed by atoms with Gasteiger partial charge in [0.05, 0.1) is 5.56 Å². The second-order valence-corrected chi connectivity index (χ2v) is 7.27. The Bertz CT molecular complexity index is 860. The molecule has 0 aliphatic carbocycles. The van der Waals surface area contributed by atoms with E-state index in [1.807, 2.05) is 37.3 Å². The van der Waals surface area contributed by atoms with Crippen molar-refractivity contribution in [1.82, 2.24) is 9.80 Å². The molecule has 7 heteroatoms. The van der Waals surface area contributed by atoms with Crippen LogP contribution in [0.25, 0.3) is 0 Å². The van der Waals surface area contributed by atoms with Gasteiger partial charge in [0.15, 0.2) is 0 Å². The lowest BCUT2D eigenvalue weighted by Crippen LogP contribution is -2.50.